The van der Waals surface area contributed by atoms with Crippen LogP contribution in [0.1, 0.15) is 37.2 Å². The molecule has 1 saturated heterocycles. The van der Waals surface area contributed by atoms with Crippen LogP contribution in [0.25, 0.3) is 5.65 Å². The molecule has 7 nitrogen and oxygen atoms in total. The minimum Gasteiger partial charge on any atom is -0.354 e. The van der Waals surface area contributed by atoms with Gasteiger partial charge in [0.15, 0.2) is 11.5 Å². The summed E-state index contributed by atoms with van der Waals surface area (Å²) in [6.45, 7) is 12.5. The van der Waals surface area contributed by atoms with Crippen molar-refractivity contribution in [1.29, 1.82) is 0 Å². The lowest BCUT2D eigenvalue weighted by Crippen LogP contribution is -2.51. The van der Waals surface area contributed by atoms with Crippen LogP contribution in [0.3, 0.4) is 0 Å². The topological polar surface area (TPSA) is 71.2 Å². The Morgan fingerprint density at radius 2 is 2.04 bits per heavy atom. The molecular formula is C18H25N7S. The maximum Gasteiger partial charge on any atom is 0.178 e. The maximum absolute atomic E-state index is 4.78. The Morgan fingerprint density at radius 1 is 1.23 bits per heavy atom. The minimum absolute atomic E-state index is 0.0821. The summed E-state index contributed by atoms with van der Waals surface area (Å²) in [7, 11) is 0. The number of nitrogens with one attached hydrogen (secondary N) is 1. The number of hydrogen-bond donors (Lipinski definition) is 1. The van der Waals surface area contributed by atoms with E-state index >= 15 is 0 Å². The number of aromatic nitrogens is 5. The third-order valence-electron chi connectivity index (χ3n) is 4.76. The van der Waals surface area contributed by atoms with Crippen molar-refractivity contribution in [3.05, 3.63) is 34.0 Å². The summed E-state index contributed by atoms with van der Waals surface area (Å²) >= 11 is 1.72. The highest BCUT2D eigenvalue weighted by Crippen LogP contribution is 2.25. The first-order valence-electron chi connectivity index (χ1n) is 8.99. The van der Waals surface area contributed by atoms with E-state index in [9.17, 15) is 0 Å². The lowest BCUT2D eigenvalue weighted by atomic mass is 9.96. The molecule has 4 heterocycles. The average Bonchev–Trinajstić information content (AvgIpc) is 3.14. The summed E-state index contributed by atoms with van der Waals surface area (Å²) < 4.78 is 1.88. The van der Waals surface area contributed by atoms with Gasteiger partial charge in [0.05, 0.1) is 11.2 Å². The van der Waals surface area contributed by atoms with Gasteiger partial charge in [0.25, 0.3) is 0 Å². The van der Waals surface area contributed by atoms with Crippen LogP contribution in [0, 0.1) is 12.8 Å². The van der Waals surface area contributed by atoms with E-state index in [4.69, 9.17) is 5.10 Å². The van der Waals surface area contributed by atoms with E-state index in [0.717, 1.165) is 49.2 Å². The average molecular weight is 372 g/mol. The molecule has 0 aromatic carbocycles. The molecule has 3 aromatic rings. The second-order valence-electron chi connectivity index (χ2n) is 8.00. The van der Waals surface area contributed by atoms with Gasteiger partial charge >= 0.3 is 0 Å². The van der Waals surface area contributed by atoms with Crippen LogP contribution < -0.4 is 10.2 Å². The van der Waals surface area contributed by atoms with Gasteiger partial charge in [0, 0.05) is 42.4 Å². The zero-order chi connectivity index (χ0) is 18.3. The molecule has 8 heteroatoms. The van der Waals surface area contributed by atoms with Gasteiger partial charge in [0.1, 0.15) is 5.82 Å². The van der Waals surface area contributed by atoms with E-state index in [0.29, 0.717) is 5.92 Å². The van der Waals surface area contributed by atoms with Crippen LogP contribution in [-0.4, -0.2) is 44.4 Å². The molecule has 3 aromatic heterocycles. The fourth-order valence-corrected chi connectivity index (χ4v) is 3.93. The molecule has 0 saturated carbocycles. The third-order valence-corrected chi connectivity index (χ3v) is 5.70. The number of rotatable bonds is 5. The highest BCUT2D eigenvalue weighted by Gasteiger charge is 2.29. The van der Waals surface area contributed by atoms with Gasteiger partial charge in [-0.3, -0.25) is 0 Å². The maximum atomic E-state index is 4.78. The molecule has 1 fully saturated rings. The normalized spacial score (nSPS) is 15.6. The van der Waals surface area contributed by atoms with E-state index in [1.54, 1.807) is 11.3 Å². The van der Waals surface area contributed by atoms with E-state index in [2.05, 4.69) is 53.1 Å². The molecule has 0 bridgehead atoms. The van der Waals surface area contributed by atoms with Crippen molar-refractivity contribution < 1.29 is 0 Å². The predicted octanol–water partition coefficient (Wildman–Crippen LogP) is 2.41. The minimum atomic E-state index is -0.0821. The van der Waals surface area contributed by atoms with Crippen molar-refractivity contribution in [1.82, 2.24) is 30.1 Å². The Labute approximate surface area is 157 Å². The highest BCUT2D eigenvalue weighted by atomic mass is 32.1. The van der Waals surface area contributed by atoms with Crippen LogP contribution in [0.2, 0.25) is 0 Å². The first-order chi connectivity index (χ1) is 12.4. The molecule has 4 rings (SSSR count). The summed E-state index contributed by atoms with van der Waals surface area (Å²) in [6.07, 6.45) is 0. The van der Waals surface area contributed by atoms with Crippen molar-refractivity contribution in [3.8, 4) is 0 Å². The van der Waals surface area contributed by atoms with Crippen molar-refractivity contribution in [2.45, 2.75) is 39.7 Å². The van der Waals surface area contributed by atoms with Crippen LogP contribution in [0.15, 0.2) is 17.6 Å². The Morgan fingerprint density at radius 3 is 2.73 bits per heavy atom. The molecule has 0 spiro atoms. The molecule has 1 aliphatic rings. The van der Waals surface area contributed by atoms with Gasteiger partial charge in [-0.25, -0.2) is 4.98 Å². The Bertz CT molecular complexity index is 902. The van der Waals surface area contributed by atoms with E-state index in [1.165, 1.54) is 4.88 Å². The number of thiazole rings is 1. The fraction of sp³-hybridized carbons (Fsp3) is 0.556. The number of aryl methyl sites for hydroxylation is 1. The molecule has 1 N–H and O–H groups in total. The molecule has 26 heavy (non-hydrogen) atoms. The quantitative estimate of drug-likeness (QED) is 0.743. The van der Waals surface area contributed by atoms with Gasteiger partial charge < -0.3 is 10.2 Å². The third kappa shape index (κ3) is 3.31. The van der Waals surface area contributed by atoms with Gasteiger partial charge in [-0.2, -0.15) is 4.52 Å². The molecule has 0 atom stereocenters. The molecular weight excluding hydrogens is 346 g/mol. The number of anilines is 1. The van der Waals surface area contributed by atoms with Crippen LogP contribution in [0.4, 0.5) is 5.82 Å². The summed E-state index contributed by atoms with van der Waals surface area (Å²) in [5.74, 6) is 2.55. The zero-order valence-corrected chi connectivity index (χ0v) is 16.5. The summed E-state index contributed by atoms with van der Waals surface area (Å²) in [5.41, 5.74) is 3.77. The monoisotopic (exact) mass is 371 g/mol. The molecule has 138 valence electrons. The van der Waals surface area contributed by atoms with Gasteiger partial charge in [-0.15, -0.1) is 26.6 Å². The SMILES string of the molecule is Cc1ncsc1CNCC1CN(c2ccc3nnc(C(C)(C)C)n3n2)C1. The first-order valence-corrected chi connectivity index (χ1v) is 9.87. The second kappa shape index (κ2) is 6.59. The van der Waals surface area contributed by atoms with Crippen molar-refractivity contribution >= 4 is 22.8 Å². The smallest absolute Gasteiger partial charge is 0.178 e. The molecule has 1 aliphatic heterocycles. The fourth-order valence-electron chi connectivity index (χ4n) is 3.19. The summed E-state index contributed by atoms with van der Waals surface area (Å²) in [4.78, 5) is 7.94. The second-order valence-corrected chi connectivity index (χ2v) is 8.94. The molecule has 0 aliphatic carbocycles. The van der Waals surface area contributed by atoms with Gasteiger partial charge in [-0.05, 0) is 19.1 Å². The number of hydrogen-bond acceptors (Lipinski definition) is 7. The Balaban J connectivity index is 1.36. The Kier molecular flexibility index (Phi) is 4.40. The molecule has 0 unspecified atom stereocenters. The number of nitrogens with zero attached hydrogens (tertiary/aromatic N) is 6. The standard InChI is InChI=1S/C18H25N7S/c1-12-14(26-11-20-12)8-19-7-13-9-24(10-13)16-6-5-15-21-22-17(18(2,3)4)25(15)23-16/h5-6,11,13,19H,7-10H2,1-4H3. The van der Waals surface area contributed by atoms with Crippen LogP contribution in [-0.2, 0) is 12.0 Å². The van der Waals surface area contributed by atoms with Gasteiger partial charge in [0.2, 0.25) is 0 Å². The van der Waals surface area contributed by atoms with Crippen LogP contribution in [0.5, 0.6) is 0 Å². The van der Waals surface area contributed by atoms with E-state index in [1.807, 2.05) is 22.2 Å². The van der Waals surface area contributed by atoms with Crippen molar-refractivity contribution in [2.24, 2.45) is 5.92 Å². The number of fused-ring (bicyclic) bond motifs is 1. The van der Waals surface area contributed by atoms with E-state index < -0.39 is 0 Å². The van der Waals surface area contributed by atoms with E-state index in [-0.39, 0.29) is 5.41 Å². The summed E-state index contributed by atoms with van der Waals surface area (Å²) in [6, 6.07) is 4.05. The van der Waals surface area contributed by atoms with Crippen molar-refractivity contribution in [2.75, 3.05) is 24.5 Å². The van der Waals surface area contributed by atoms with Crippen molar-refractivity contribution in [3.63, 3.8) is 0 Å². The zero-order valence-electron chi connectivity index (χ0n) is 15.7. The highest BCUT2D eigenvalue weighted by molar-refractivity contribution is 7.09. The predicted molar refractivity (Wildman–Crippen MR) is 104 cm³/mol. The lowest BCUT2D eigenvalue weighted by Gasteiger charge is -2.40. The largest absolute Gasteiger partial charge is 0.354 e. The lowest BCUT2D eigenvalue weighted by molar-refractivity contribution is 0.381. The molecule has 0 amide bonds. The Hall–Kier alpha value is -2.06. The van der Waals surface area contributed by atoms with Gasteiger partial charge in [-0.1, -0.05) is 20.8 Å². The first kappa shape index (κ1) is 17.4. The summed E-state index contributed by atoms with van der Waals surface area (Å²) in [5, 5.41) is 16.9. The molecule has 0 radical (unpaired) electrons. The van der Waals surface area contributed by atoms with Crippen LogP contribution >= 0.6 is 11.3 Å².